The maximum Gasteiger partial charge on any atom is 0.133 e. The van der Waals surface area contributed by atoms with Crippen molar-refractivity contribution in [3.63, 3.8) is 0 Å². The Bertz CT molecular complexity index is 2400. The molecule has 4 heteroatoms. The van der Waals surface area contributed by atoms with Gasteiger partial charge in [0.2, 0.25) is 0 Å². The van der Waals surface area contributed by atoms with Crippen LogP contribution in [0.3, 0.4) is 0 Å². The molecule has 7 aromatic rings. The molecule has 1 fully saturated rings. The smallest absolute Gasteiger partial charge is 0.133 e. The Hall–Kier alpha value is -5.32. The van der Waals surface area contributed by atoms with E-state index in [0.29, 0.717) is 0 Å². The van der Waals surface area contributed by atoms with Crippen LogP contribution < -0.4 is 5.32 Å². The van der Waals surface area contributed by atoms with Crippen LogP contribution in [0.25, 0.3) is 43.5 Å². The number of nitrogens with one attached hydrogen (secondary N) is 1. The summed E-state index contributed by atoms with van der Waals surface area (Å²) in [7, 11) is 0. The molecule has 1 unspecified atom stereocenters. The van der Waals surface area contributed by atoms with E-state index >= 15 is 0 Å². The highest BCUT2D eigenvalue weighted by atomic mass is 32.1. The fourth-order valence-electron chi connectivity index (χ4n) is 8.67. The minimum atomic E-state index is -0.0811. The number of hydrogen-bond acceptors (Lipinski definition) is 4. The van der Waals surface area contributed by atoms with Crippen LogP contribution in [0.5, 0.6) is 0 Å². The maximum absolute atomic E-state index is 5.32. The largest absolute Gasteiger partial charge is 0.339 e. The first kappa shape index (κ1) is 28.7. The summed E-state index contributed by atoms with van der Waals surface area (Å²) in [5.41, 5.74) is 14.5. The third-order valence-corrected chi connectivity index (χ3v) is 12.3. The lowest BCUT2D eigenvalue weighted by Crippen LogP contribution is -2.28. The van der Waals surface area contributed by atoms with Crippen molar-refractivity contribution in [1.29, 1.82) is 0 Å². The Morgan fingerprint density at radius 1 is 0.592 bits per heavy atom. The van der Waals surface area contributed by atoms with Crippen molar-refractivity contribution < 1.29 is 0 Å². The number of fused-ring (bicyclic) bond motifs is 8. The number of rotatable bonds is 4. The van der Waals surface area contributed by atoms with E-state index in [0.717, 1.165) is 22.6 Å². The van der Waals surface area contributed by atoms with Crippen molar-refractivity contribution in [3.05, 3.63) is 167 Å². The Morgan fingerprint density at radius 3 is 2.12 bits per heavy atom. The predicted molar refractivity (Wildman–Crippen MR) is 205 cm³/mol. The van der Waals surface area contributed by atoms with Crippen molar-refractivity contribution in [2.75, 3.05) is 5.32 Å². The van der Waals surface area contributed by atoms with Gasteiger partial charge in [0.15, 0.2) is 0 Å². The summed E-state index contributed by atoms with van der Waals surface area (Å²) >= 11 is 1.82. The summed E-state index contributed by atoms with van der Waals surface area (Å²) in [6.07, 6.45) is 10.2. The quantitative estimate of drug-likeness (QED) is 0.206. The average Bonchev–Trinajstić information content (AvgIpc) is 3.68. The zero-order valence-electron chi connectivity index (χ0n) is 27.2. The number of anilines is 1. The molecule has 10 rings (SSSR count). The second kappa shape index (κ2) is 11.4. The van der Waals surface area contributed by atoms with Crippen LogP contribution in [0, 0.1) is 0 Å². The molecule has 49 heavy (non-hydrogen) atoms. The molecular weight excluding hydrogens is 615 g/mol. The van der Waals surface area contributed by atoms with Crippen LogP contribution in [-0.4, -0.2) is 10.8 Å². The van der Waals surface area contributed by atoms with Gasteiger partial charge in [-0.3, -0.25) is 9.98 Å². The Morgan fingerprint density at radius 2 is 1.29 bits per heavy atom. The van der Waals surface area contributed by atoms with Gasteiger partial charge in [-0.05, 0) is 93.2 Å². The SMILES string of the molecule is c1cc(C2=NC(c3ccncc3)c3sc4ccccc4c3N2)cc(-c2ccc(-c3ccc4c(c3)C3(CCCCC3)c3ccccc3-4)cc2)c1. The molecule has 236 valence electrons. The van der Waals surface area contributed by atoms with Crippen molar-refractivity contribution in [3.8, 4) is 33.4 Å². The van der Waals surface area contributed by atoms with Crippen molar-refractivity contribution in [1.82, 2.24) is 4.98 Å². The number of nitrogens with zero attached hydrogens (tertiary/aromatic N) is 2. The highest BCUT2D eigenvalue weighted by Crippen LogP contribution is 2.56. The summed E-state index contributed by atoms with van der Waals surface area (Å²) in [6, 6.07) is 47.0. The van der Waals surface area contributed by atoms with Gasteiger partial charge in [0.25, 0.3) is 0 Å². The summed E-state index contributed by atoms with van der Waals surface area (Å²) in [5.74, 6) is 0.895. The van der Waals surface area contributed by atoms with Crippen molar-refractivity contribution in [2.45, 2.75) is 43.6 Å². The highest BCUT2D eigenvalue weighted by molar-refractivity contribution is 7.20. The van der Waals surface area contributed by atoms with Crippen molar-refractivity contribution >= 4 is 32.9 Å². The Kier molecular flexibility index (Phi) is 6.66. The van der Waals surface area contributed by atoms with Crippen LogP contribution >= 0.6 is 11.3 Å². The molecule has 5 aromatic carbocycles. The molecule has 2 aliphatic carbocycles. The molecular formula is C45H35N3S. The fraction of sp³-hybridized carbons (Fsp3) is 0.156. The van der Waals surface area contributed by atoms with Crippen molar-refractivity contribution in [2.24, 2.45) is 4.99 Å². The second-order valence-electron chi connectivity index (χ2n) is 13.7. The van der Waals surface area contributed by atoms with Crippen LogP contribution in [0.15, 0.2) is 145 Å². The van der Waals surface area contributed by atoms with Gasteiger partial charge >= 0.3 is 0 Å². The normalized spacial score (nSPS) is 17.2. The van der Waals surface area contributed by atoms with E-state index in [1.54, 1.807) is 5.56 Å². The lowest BCUT2D eigenvalue weighted by molar-refractivity contribution is 0.353. The second-order valence-corrected chi connectivity index (χ2v) is 14.8. The van der Waals surface area contributed by atoms with E-state index < -0.39 is 0 Å². The van der Waals surface area contributed by atoms with E-state index in [1.165, 1.54) is 86.0 Å². The highest BCUT2D eigenvalue weighted by Gasteiger charge is 2.43. The molecule has 1 spiro atoms. The standard InChI is InChI=1S/C45H35N3S/c1-6-23-45(24-7-1)38-13-4-2-11-35(38)36-20-19-33(28-39(36)45)30-17-15-29(16-18-30)32-9-8-10-34(27-32)44-47-41(31-21-25-46-26-22-31)43-42(48-44)37-12-3-5-14-40(37)49-43/h2-5,8-22,25-28,41H,1,6-7,23-24H2,(H,47,48). The minimum Gasteiger partial charge on any atom is -0.339 e. The molecule has 1 N–H and O–H groups in total. The van der Waals surface area contributed by atoms with Gasteiger partial charge in [-0.1, -0.05) is 116 Å². The summed E-state index contributed by atoms with van der Waals surface area (Å²) in [6.45, 7) is 0. The first-order valence-electron chi connectivity index (χ1n) is 17.5. The third kappa shape index (κ3) is 4.62. The number of amidine groups is 1. The van der Waals surface area contributed by atoms with Crippen LogP contribution in [0.2, 0.25) is 0 Å². The lowest BCUT2D eigenvalue weighted by Gasteiger charge is -2.36. The Labute approximate surface area is 291 Å². The fourth-order valence-corrected chi connectivity index (χ4v) is 9.90. The van der Waals surface area contributed by atoms with E-state index in [4.69, 9.17) is 4.99 Å². The molecule has 2 aromatic heterocycles. The molecule has 0 bridgehead atoms. The monoisotopic (exact) mass is 649 g/mol. The number of thiophene rings is 1. The zero-order valence-corrected chi connectivity index (χ0v) is 28.0. The van der Waals surface area contributed by atoms with E-state index in [9.17, 15) is 0 Å². The van der Waals surface area contributed by atoms with Gasteiger partial charge in [-0.2, -0.15) is 0 Å². The topological polar surface area (TPSA) is 37.3 Å². The van der Waals surface area contributed by atoms with Gasteiger partial charge in [0.1, 0.15) is 11.9 Å². The zero-order chi connectivity index (χ0) is 32.4. The maximum atomic E-state index is 5.32. The molecule has 3 aliphatic rings. The lowest BCUT2D eigenvalue weighted by atomic mass is 9.67. The molecule has 1 saturated carbocycles. The molecule has 0 radical (unpaired) electrons. The first-order chi connectivity index (χ1) is 24.2. The van der Waals surface area contributed by atoms with Gasteiger partial charge < -0.3 is 5.32 Å². The van der Waals surface area contributed by atoms with Gasteiger partial charge in [0, 0.05) is 33.5 Å². The van der Waals surface area contributed by atoms with Crippen LogP contribution in [0.1, 0.15) is 65.3 Å². The van der Waals surface area contributed by atoms with Crippen LogP contribution in [0.4, 0.5) is 5.69 Å². The van der Waals surface area contributed by atoms with Crippen LogP contribution in [-0.2, 0) is 5.41 Å². The molecule has 1 atom stereocenters. The van der Waals surface area contributed by atoms with E-state index in [-0.39, 0.29) is 11.5 Å². The first-order valence-corrected chi connectivity index (χ1v) is 18.3. The Balaban J connectivity index is 0.986. The number of benzene rings is 5. The molecule has 0 amide bonds. The summed E-state index contributed by atoms with van der Waals surface area (Å²) in [4.78, 5) is 10.8. The van der Waals surface area contributed by atoms with E-state index in [2.05, 4.69) is 138 Å². The molecule has 3 heterocycles. The number of aromatic nitrogens is 1. The molecule has 3 nitrogen and oxygen atoms in total. The summed E-state index contributed by atoms with van der Waals surface area (Å²) in [5, 5.41) is 4.98. The minimum absolute atomic E-state index is 0.0811. The van der Waals surface area contributed by atoms with Gasteiger partial charge in [0.05, 0.1) is 10.6 Å². The number of hydrogen-bond donors (Lipinski definition) is 1. The average molecular weight is 650 g/mol. The number of pyridine rings is 1. The van der Waals surface area contributed by atoms with E-state index in [1.807, 2.05) is 23.7 Å². The van der Waals surface area contributed by atoms with Gasteiger partial charge in [-0.25, -0.2) is 0 Å². The third-order valence-electron chi connectivity index (χ3n) is 11.1. The number of aliphatic imine (C=N–C) groups is 1. The molecule has 1 aliphatic heterocycles. The predicted octanol–water partition coefficient (Wildman–Crippen LogP) is 11.8. The van der Waals surface area contributed by atoms with Gasteiger partial charge in [-0.15, -0.1) is 11.3 Å². The molecule has 0 saturated heterocycles. The summed E-state index contributed by atoms with van der Waals surface area (Å²) < 4.78 is 1.27.